The highest BCUT2D eigenvalue weighted by Crippen LogP contribution is 2.32. The molecule has 1 aliphatic rings. The van der Waals surface area contributed by atoms with Gasteiger partial charge in [-0.15, -0.1) is 0 Å². The summed E-state index contributed by atoms with van der Waals surface area (Å²) in [4.78, 5) is 47.7. The lowest BCUT2D eigenvalue weighted by Gasteiger charge is -2.14. The summed E-state index contributed by atoms with van der Waals surface area (Å²) in [7, 11) is 0. The van der Waals surface area contributed by atoms with Gasteiger partial charge in [-0.3, -0.25) is 19.3 Å². The second kappa shape index (κ2) is 9.22. The normalized spacial score (nSPS) is 16.5. The van der Waals surface area contributed by atoms with Gasteiger partial charge in [0.1, 0.15) is 18.9 Å². The number of amides is 2. The molecule has 9 heteroatoms. The fourth-order valence-corrected chi connectivity index (χ4v) is 2.94. The van der Waals surface area contributed by atoms with Crippen molar-refractivity contribution in [3.63, 3.8) is 0 Å². The van der Waals surface area contributed by atoms with Crippen LogP contribution in [-0.2, 0) is 19.1 Å². The van der Waals surface area contributed by atoms with Crippen LogP contribution in [0.15, 0.2) is 29.2 Å². The Labute approximate surface area is 160 Å². The second-order valence-electron chi connectivity index (χ2n) is 5.71. The van der Waals surface area contributed by atoms with Crippen LogP contribution in [0.2, 0.25) is 0 Å². The van der Waals surface area contributed by atoms with E-state index in [1.807, 2.05) is 6.92 Å². The molecule has 0 N–H and O–H groups in total. The third-order valence-electron chi connectivity index (χ3n) is 3.58. The lowest BCUT2D eigenvalue weighted by atomic mass is 10.2. The molecule has 1 heterocycles. The summed E-state index contributed by atoms with van der Waals surface area (Å²) in [5, 5.41) is 9.89. The van der Waals surface area contributed by atoms with Gasteiger partial charge in [0, 0.05) is 0 Å². The number of carbonyl (C=O) groups excluding carboxylic acids is 4. The zero-order valence-corrected chi connectivity index (χ0v) is 15.6. The number of imide groups is 1. The van der Waals surface area contributed by atoms with Crippen molar-refractivity contribution in [2.75, 3.05) is 13.2 Å². The molecule has 1 fully saturated rings. The van der Waals surface area contributed by atoms with Gasteiger partial charge in [-0.1, -0.05) is 19.1 Å². The maximum atomic E-state index is 12.4. The molecule has 27 heavy (non-hydrogen) atoms. The van der Waals surface area contributed by atoms with Gasteiger partial charge in [-0.2, -0.15) is 0 Å². The summed E-state index contributed by atoms with van der Waals surface area (Å²) in [5.74, 6) is -2.31. The van der Waals surface area contributed by atoms with Crippen LogP contribution in [0.25, 0.3) is 6.08 Å². The van der Waals surface area contributed by atoms with Gasteiger partial charge >= 0.3 is 5.97 Å². The van der Waals surface area contributed by atoms with Crippen molar-refractivity contribution in [3.8, 4) is 5.75 Å². The van der Waals surface area contributed by atoms with Crippen LogP contribution in [0.1, 0.15) is 25.8 Å². The molecule has 0 radical (unpaired) electrons. The number of thioether (sulfide) groups is 1. The van der Waals surface area contributed by atoms with Crippen LogP contribution >= 0.6 is 11.8 Å². The summed E-state index contributed by atoms with van der Waals surface area (Å²) >= 11 is 0.713. The fraction of sp³-hybridized carbons (Fsp3) is 0.333. The van der Waals surface area contributed by atoms with Crippen molar-refractivity contribution in [1.29, 1.82) is 0 Å². The molecule has 0 unspecified atom stereocenters. The van der Waals surface area contributed by atoms with Gasteiger partial charge in [0.05, 0.1) is 17.0 Å². The molecule has 0 aliphatic carbocycles. The Hall–Kier alpha value is -2.81. The summed E-state index contributed by atoms with van der Waals surface area (Å²) < 4.78 is 10.1. The fourth-order valence-electron chi connectivity index (χ4n) is 2.10. The molecule has 2 amide bonds. The molecule has 0 aromatic heterocycles. The first-order chi connectivity index (χ1) is 12.8. The Bertz CT molecular complexity index is 790. The number of benzene rings is 1. The largest absolute Gasteiger partial charge is 0.546 e. The van der Waals surface area contributed by atoms with E-state index in [1.54, 1.807) is 25.1 Å². The summed E-state index contributed by atoms with van der Waals surface area (Å²) in [6.07, 6.45) is 1.80. The van der Waals surface area contributed by atoms with Crippen LogP contribution in [0.3, 0.4) is 0 Å². The monoisotopic (exact) mass is 392 g/mol. The predicted octanol–water partition coefficient (Wildman–Crippen LogP) is 1.19. The van der Waals surface area contributed by atoms with Crippen molar-refractivity contribution in [3.05, 3.63) is 34.7 Å². The Balaban J connectivity index is 2.08. The molecular weight excluding hydrogens is 374 g/mol. The number of carbonyl (C=O) groups is 4. The molecule has 1 aromatic rings. The Kier molecular flexibility index (Phi) is 7.00. The van der Waals surface area contributed by atoms with E-state index >= 15 is 0 Å². The third kappa shape index (κ3) is 5.85. The van der Waals surface area contributed by atoms with Crippen LogP contribution in [0, 0.1) is 0 Å². The number of carboxylic acids is 1. The minimum atomic E-state index is -1.36. The van der Waals surface area contributed by atoms with Crippen LogP contribution in [-0.4, -0.2) is 47.2 Å². The van der Waals surface area contributed by atoms with Crippen molar-refractivity contribution >= 4 is 40.9 Å². The van der Waals surface area contributed by atoms with Gasteiger partial charge < -0.3 is 19.4 Å². The molecule has 1 atom stereocenters. The molecule has 0 bridgehead atoms. The van der Waals surface area contributed by atoms with Gasteiger partial charge in [-0.25, -0.2) is 0 Å². The van der Waals surface area contributed by atoms with E-state index in [0.717, 1.165) is 4.90 Å². The smallest absolute Gasteiger partial charge is 0.326 e. The summed E-state index contributed by atoms with van der Waals surface area (Å²) in [6.45, 7) is 2.53. The maximum Gasteiger partial charge on any atom is 0.326 e. The third-order valence-corrected chi connectivity index (χ3v) is 4.49. The minimum Gasteiger partial charge on any atom is -0.546 e. The zero-order valence-electron chi connectivity index (χ0n) is 14.8. The van der Waals surface area contributed by atoms with Crippen molar-refractivity contribution in [2.24, 2.45) is 0 Å². The number of aliphatic carboxylic acids is 1. The van der Waals surface area contributed by atoms with Gasteiger partial charge in [0.2, 0.25) is 0 Å². The molecular formula is C18H18NO7S-. The number of nitrogens with zero attached hydrogens (tertiary/aromatic N) is 1. The lowest BCUT2D eigenvalue weighted by molar-refractivity contribution is -0.307. The lowest BCUT2D eigenvalue weighted by Crippen LogP contribution is -2.35. The SMILES string of the molecule is CC[C@H](C)OC(=O)CN1C(=O)S/C(=C/c2cccc(OCC(=O)[O-])c2)C1=O. The van der Waals surface area contributed by atoms with Crippen LogP contribution in [0.4, 0.5) is 4.79 Å². The molecule has 2 rings (SSSR count). The van der Waals surface area contributed by atoms with Crippen molar-refractivity contribution in [2.45, 2.75) is 26.4 Å². The molecule has 144 valence electrons. The second-order valence-corrected chi connectivity index (χ2v) is 6.70. The van der Waals surface area contributed by atoms with Gasteiger partial charge in [-0.05, 0) is 48.9 Å². The first kappa shape index (κ1) is 20.5. The van der Waals surface area contributed by atoms with Crippen molar-refractivity contribution in [1.82, 2.24) is 4.90 Å². The number of rotatable bonds is 8. The van der Waals surface area contributed by atoms with Crippen LogP contribution < -0.4 is 9.84 Å². The molecule has 8 nitrogen and oxygen atoms in total. The Morgan fingerprint density at radius 3 is 2.74 bits per heavy atom. The number of esters is 1. The minimum absolute atomic E-state index is 0.147. The predicted molar refractivity (Wildman–Crippen MR) is 95.5 cm³/mol. The quantitative estimate of drug-likeness (QED) is 0.479. The van der Waals surface area contributed by atoms with E-state index in [0.29, 0.717) is 23.7 Å². The highest BCUT2D eigenvalue weighted by molar-refractivity contribution is 8.18. The summed E-state index contributed by atoms with van der Waals surface area (Å²) in [5.41, 5.74) is 0.540. The first-order valence-electron chi connectivity index (χ1n) is 8.17. The van der Waals surface area contributed by atoms with E-state index < -0.39 is 36.2 Å². The zero-order chi connectivity index (χ0) is 20.0. The number of hydrogen-bond acceptors (Lipinski definition) is 8. The van der Waals surface area contributed by atoms with Gasteiger partial charge in [0.25, 0.3) is 11.1 Å². The van der Waals surface area contributed by atoms with E-state index in [4.69, 9.17) is 9.47 Å². The van der Waals surface area contributed by atoms with E-state index in [-0.39, 0.29) is 16.8 Å². The highest BCUT2D eigenvalue weighted by atomic mass is 32.2. The average Bonchev–Trinajstić information content (AvgIpc) is 2.87. The van der Waals surface area contributed by atoms with E-state index in [1.165, 1.54) is 12.1 Å². The van der Waals surface area contributed by atoms with Crippen LogP contribution in [0.5, 0.6) is 5.75 Å². The van der Waals surface area contributed by atoms with Crippen molar-refractivity contribution < 1.29 is 33.8 Å². The number of carboxylic acid groups (broad SMARTS) is 1. The molecule has 0 saturated carbocycles. The highest BCUT2D eigenvalue weighted by Gasteiger charge is 2.36. The molecule has 0 spiro atoms. The Morgan fingerprint density at radius 2 is 2.07 bits per heavy atom. The molecule has 1 aliphatic heterocycles. The summed E-state index contributed by atoms with van der Waals surface area (Å²) in [6, 6.07) is 6.35. The first-order valence-corrected chi connectivity index (χ1v) is 8.99. The topological polar surface area (TPSA) is 113 Å². The van der Waals surface area contributed by atoms with Gasteiger partial charge in [0.15, 0.2) is 0 Å². The van der Waals surface area contributed by atoms with E-state index in [9.17, 15) is 24.3 Å². The molecule has 1 saturated heterocycles. The average molecular weight is 392 g/mol. The number of hydrogen-bond donors (Lipinski definition) is 0. The maximum absolute atomic E-state index is 12.4. The standard InChI is InChI=1S/C18H19NO7S/c1-3-11(2)26-16(22)9-19-17(23)14(27-18(19)24)8-12-5-4-6-13(7-12)25-10-15(20)21/h4-8,11H,3,9-10H2,1-2H3,(H,20,21)/p-1/b14-8+/t11-/m0/s1. The van der Waals surface area contributed by atoms with E-state index in [2.05, 4.69) is 0 Å². The number of ether oxygens (including phenoxy) is 2. The molecule has 1 aromatic carbocycles. The Morgan fingerprint density at radius 1 is 1.33 bits per heavy atom.